The molecule has 12 heteroatoms. The van der Waals surface area contributed by atoms with Crippen molar-refractivity contribution in [1.82, 2.24) is 24.4 Å². The molecule has 0 amide bonds. The number of aromatic nitrogens is 4. The second kappa shape index (κ2) is 9.96. The van der Waals surface area contributed by atoms with Crippen molar-refractivity contribution in [3.05, 3.63) is 52.6 Å². The number of nitrogens with one attached hydrogen (secondary N) is 1. The van der Waals surface area contributed by atoms with E-state index in [1.807, 2.05) is 35.2 Å². The molecule has 1 aromatic carbocycles. The van der Waals surface area contributed by atoms with Crippen LogP contribution in [0.15, 0.2) is 41.5 Å². The number of hydrogen-bond acceptors (Lipinski definition) is 7. The van der Waals surface area contributed by atoms with Crippen LogP contribution in [0.2, 0.25) is 0 Å². The number of hydrogen-bond donors (Lipinski definition) is 4. The Labute approximate surface area is 172 Å². The van der Waals surface area contributed by atoms with Gasteiger partial charge in [0.05, 0.1) is 25.7 Å². The Morgan fingerprint density at radius 1 is 1.20 bits per heavy atom. The van der Waals surface area contributed by atoms with Crippen molar-refractivity contribution < 1.29 is 19.1 Å². The summed E-state index contributed by atoms with van der Waals surface area (Å²) in [4.78, 5) is 42.8. The molecule has 0 aliphatic carbocycles. The number of rotatable bonds is 11. The van der Waals surface area contributed by atoms with Gasteiger partial charge >= 0.3 is 7.60 Å². The summed E-state index contributed by atoms with van der Waals surface area (Å²) < 4.78 is 18.7. The smallest absolute Gasteiger partial charge is 0.326 e. The number of nitrogens with two attached hydrogens (primary N) is 1. The molecule has 3 aromatic rings. The fourth-order valence-electron chi connectivity index (χ4n) is 2.95. The predicted molar refractivity (Wildman–Crippen MR) is 112 cm³/mol. The summed E-state index contributed by atoms with van der Waals surface area (Å²) in [6.07, 6.45) is 1.25. The van der Waals surface area contributed by atoms with Crippen molar-refractivity contribution in [2.24, 2.45) is 0 Å². The third-order valence-corrected chi connectivity index (χ3v) is 5.30. The third kappa shape index (κ3) is 6.48. The molecule has 0 aliphatic heterocycles. The molecule has 0 radical (unpaired) electrons. The van der Waals surface area contributed by atoms with E-state index in [2.05, 4.69) is 15.0 Å². The molecule has 0 bridgehead atoms. The minimum Gasteiger partial charge on any atom is -0.375 e. The van der Waals surface area contributed by atoms with Crippen molar-refractivity contribution >= 4 is 24.7 Å². The van der Waals surface area contributed by atoms with Crippen LogP contribution in [0.4, 0.5) is 5.95 Å². The van der Waals surface area contributed by atoms with Crippen LogP contribution >= 0.6 is 7.60 Å². The van der Waals surface area contributed by atoms with E-state index in [1.54, 1.807) is 4.57 Å². The Morgan fingerprint density at radius 3 is 2.70 bits per heavy atom. The van der Waals surface area contributed by atoms with Crippen LogP contribution in [0.1, 0.15) is 5.56 Å². The summed E-state index contributed by atoms with van der Waals surface area (Å²) in [5.41, 5.74) is 6.81. The summed E-state index contributed by atoms with van der Waals surface area (Å²) in [7, 11) is -4.12. The van der Waals surface area contributed by atoms with Gasteiger partial charge in [-0.05, 0) is 5.56 Å². The highest BCUT2D eigenvalue weighted by Crippen LogP contribution is 2.33. The van der Waals surface area contributed by atoms with Crippen molar-refractivity contribution in [3.8, 4) is 0 Å². The number of aromatic amines is 1. The number of nitrogen functional groups attached to an aromatic ring is 1. The van der Waals surface area contributed by atoms with Gasteiger partial charge in [-0.3, -0.25) is 19.2 Å². The Morgan fingerprint density at radius 2 is 1.97 bits per heavy atom. The molecule has 0 unspecified atom stereocenters. The lowest BCUT2D eigenvalue weighted by Gasteiger charge is -2.22. The molecule has 2 aromatic heterocycles. The molecule has 0 saturated carbocycles. The number of ether oxygens (including phenoxy) is 1. The Kier molecular flexibility index (Phi) is 7.35. The molecule has 0 spiro atoms. The number of nitrogens with zero attached hydrogens (tertiary/aromatic N) is 4. The second-order valence-corrected chi connectivity index (χ2v) is 8.61. The fraction of sp³-hybridized carbons (Fsp3) is 0.389. The highest BCUT2D eigenvalue weighted by molar-refractivity contribution is 7.51. The van der Waals surface area contributed by atoms with E-state index in [-0.39, 0.29) is 24.2 Å². The van der Waals surface area contributed by atoms with Gasteiger partial charge in [0.15, 0.2) is 11.2 Å². The molecule has 0 atom stereocenters. The molecule has 5 N–H and O–H groups in total. The maximum atomic E-state index is 11.9. The minimum absolute atomic E-state index is 0.00178. The lowest BCUT2D eigenvalue weighted by molar-refractivity contribution is 0.0928. The monoisotopic (exact) mass is 436 g/mol. The van der Waals surface area contributed by atoms with Gasteiger partial charge in [0.25, 0.3) is 5.56 Å². The zero-order chi connectivity index (χ0) is 21.6. The standard InChI is InChI=1S/C18H25N6O5P/c19-18-21-16-15(17(25)22-18)20-13-24(16)7-6-23(9-11-30(26,27)28)8-10-29-12-14-4-2-1-3-5-14/h1-5,13H,6-12H2,(H2,26,27,28)(H3,19,21,22,25). The second-order valence-electron chi connectivity index (χ2n) is 6.83. The molecule has 0 aliphatic rings. The van der Waals surface area contributed by atoms with Crippen molar-refractivity contribution in [2.45, 2.75) is 13.2 Å². The third-order valence-electron chi connectivity index (χ3n) is 4.52. The number of imidazole rings is 1. The van der Waals surface area contributed by atoms with Crippen LogP contribution in [0.25, 0.3) is 11.2 Å². The van der Waals surface area contributed by atoms with Gasteiger partial charge < -0.3 is 24.8 Å². The van der Waals surface area contributed by atoms with Crippen LogP contribution in [0.3, 0.4) is 0 Å². The molecular weight excluding hydrogens is 411 g/mol. The van der Waals surface area contributed by atoms with Crippen LogP contribution in [-0.2, 0) is 22.5 Å². The maximum Gasteiger partial charge on any atom is 0.326 e. The summed E-state index contributed by atoms with van der Waals surface area (Å²) in [6, 6.07) is 9.74. The topological polar surface area (TPSA) is 160 Å². The highest BCUT2D eigenvalue weighted by Gasteiger charge is 2.17. The lowest BCUT2D eigenvalue weighted by Crippen LogP contribution is -2.33. The first kappa shape index (κ1) is 22.1. The summed E-state index contributed by atoms with van der Waals surface area (Å²) in [5.74, 6) is 0.00178. The van der Waals surface area contributed by atoms with E-state index in [9.17, 15) is 19.1 Å². The Hall–Kier alpha value is -2.56. The quantitative estimate of drug-likeness (QED) is 0.246. The Balaban J connectivity index is 1.59. The van der Waals surface area contributed by atoms with Gasteiger partial charge in [-0.25, -0.2) is 4.98 Å². The van der Waals surface area contributed by atoms with Crippen molar-refractivity contribution in [2.75, 3.05) is 38.1 Å². The van der Waals surface area contributed by atoms with E-state index >= 15 is 0 Å². The first-order valence-electron chi connectivity index (χ1n) is 9.41. The van der Waals surface area contributed by atoms with E-state index in [0.29, 0.717) is 38.5 Å². The van der Waals surface area contributed by atoms with E-state index < -0.39 is 13.2 Å². The minimum atomic E-state index is -4.12. The van der Waals surface area contributed by atoms with Gasteiger partial charge in [0.2, 0.25) is 5.95 Å². The number of anilines is 1. The van der Waals surface area contributed by atoms with E-state index in [1.165, 1.54) is 6.33 Å². The molecule has 0 saturated heterocycles. The van der Waals surface area contributed by atoms with Gasteiger partial charge in [-0.15, -0.1) is 0 Å². The van der Waals surface area contributed by atoms with Gasteiger partial charge in [-0.2, -0.15) is 4.98 Å². The first-order valence-corrected chi connectivity index (χ1v) is 11.2. The molecule has 3 rings (SSSR count). The first-order chi connectivity index (χ1) is 14.3. The zero-order valence-corrected chi connectivity index (χ0v) is 17.2. The summed E-state index contributed by atoms with van der Waals surface area (Å²) in [6.45, 7) is 2.47. The highest BCUT2D eigenvalue weighted by atomic mass is 31.2. The Bertz CT molecular complexity index is 1060. The van der Waals surface area contributed by atoms with E-state index in [0.717, 1.165) is 5.56 Å². The number of fused-ring (bicyclic) bond motifs is 1. The van der Waals surface area contributed by atoms with Crippen molar-refractivity contribution in [1.29, 1.82) is 0 Å². The average molecular weight is 436 g/mol. The van der Waals surface area contributed by atoms with Gasteiger partial charge in [0.1, 0.15) is 0 Å². The number of H-pyrrole nitrogens is 1. The normalized spacial score (nSPS) is 12.1. The van der Waals surface area contributed by atoms with Gasteiger partial charge in [0, 0.05) is 26.2 Å². The van der Waals surface area contributed by atoms with Crippen molar-refractivity contribution in [3.63, 3.8) is 0 Å². The fourth-order valence-corrected chi connectivity index (χ4v) is 3.49. The number of benzene rings is 1. The van der Waals surface area contributed by atoms with Crippen LogP contribution in [-0.4, -0.2) is 66.6 Å². The molecule has 30 heavy (non-hydrogen) atoms. The van der Waals surface area contributed by atoms with Crippen LogP contribution < -0.4 is 11.3 Å². The van der Waals surface area contributed by atoms with E-state index in [4.69, 9.17) is 10.5 Å². The molecule has 162 valence electrons. The predicted octanol–water partition coefficient (Wildman–Crippen LogP) is 0.398. The lowest BCUT2D eigenvalue weighted by atomic mass is 10.2. The largest absolute Gasteiger partial charge is 0.375 e. The van der Waals surface area contributed by atoms with Crippen LogP contribution in [0.5, 0.6) is 0 Å². The average Bonchev–Trinajstić information content (AvgIpc) is 3.10. The molecule has 11 nitrogen and oxygen atoms in total. The molecule has 2 heterocycles. The summed E-state index contributed by atoms with van der Waals surface area (Å²) >= 11 is 0. The SMILES string of the molecule is Nc1nc2c(ncn2CCN(CCOCc2ccccc2)CCP(=O)(O)O)c(=O)[nH]1. The summed E-state index contributed by atoms with van der Waals surface area (Å²) in [5, 5.41) is 0. The maximum absolute atomic E-state index is 11.9. The zero-order valence-electron chi connectivity index (χ0n) is 16.3. The molecular formula is C18H25N6O5P. The van der Waals surface area contributed by atoms with Crippen LogP contribution in [0, 0.1) is 0 Å². The molecule has 0 fully saturated rings. The van der Waals surface area contributed by atoms with Gasteiger partial charge in [-0.1, -0.05) is 30.3 Å².